The third-order valence-corrected chi connectivity index (χ3v) is 2.66. The minimum atomic E-state index is 1.14. The van der Waals surface area contributed by atoms with Gasteiger partial charge in [0.05, 0.1) is 0 Å². The zero-order valence-electron chi connectivity index (χ0n) is 10.3. The Bertz CT molecular complexity index is 559. The molecule has 1 heteroatoms. The van der Waals surface area contributed by atoms with E-state index in [1.807, 2.05) is 19.1 Å². The van der Waals surface area contributed by atoms with Crippen LogP contribution < -0.4 is 5.32 Å². The van der Waals surface area contributed by atoms with Crippen LogP contribution in [0.1, 0.15) is 13.8 Å². The van der Waals surface area contributed by atoms with E-state index in [9.17, 15) is 0 Å². The summed E-state index contributed by atoms with van der Waals surface area (Å²) < 4.78 is 0. The maximum absolute atomic E-state index is 3.43. The predicted molar refractivity (Wildman–Crippen MR) is 76.1 cm³/mol. The lowest BCUT2D eigenvalue weighted by atomic mass is 10.1. The molecule has 1 nitrogen and oxygen atoms in total. The van der Waals surface area contributed by atoms with Gasteiger partial charge >= 0.3 is 0 Å². The summed E-state index contributed by atoms with van der Waals surface area (Å²) in [5.74, 6) is 0. The van der Waals surface area contributed by atoms with Crippen LogP contribution in [-0.2, 0) is 0 Å². The average molecular weight is 223 g/mol. The highest BCUT2D eigenvalue weighted by atomic mass is 14.9. The summed E-state index contributed by atoms with van der Waals surface area (Å²) in [6.45, 7) is 4.09. The van der Waals surface area contributed by atoms with Gasteiger partial charge in [-0.3, -0.25) is 0 Å². The smallest absolute Gasteiger partial charge is 0.0461 e. The quantitative estimate of drug-likeness (QED) is 0.742. The summed E-state index contributed by atoms with van der Waals surface area (Å²) in [7, 11) is 0. The second-order valence-corrected chi connectivity index (χ2v) is 4.03. The molecule has 0 aromatic heterocycles. The lowest BCUT2D eigenvalue weighted by Crippen LogP contribution is -1.95. The van der Waals surface area contributed by atoms with Crippen LogP contribution >= 0.6 is 0 Å². The Morgan fingerprint density at radius 1 is 1.06 bits per heavy atom. The van der Waals surface area contributed by atoms with Crippen LogP contribution in [-0.4, -0.2) is 0 Å². The fraction of sp³-hybridized carbons (Fsp3) is 0.125. The second kappa shape index (κ2) is 5.35. The molecule has 0 unspecified atom stereocenters. The predicted octanol–water partition coefficient (Wildman–Crippen LogP) is 4.73. The number of benzene rings is 2. The van der Waals surface area contributed by atoms with Crippen LogP contribution in [0, 0.1) is 0 Å². The maximum Gasteiger partial charge on any atom is 0.0461 e. The van der Waals surface area contributed by atoms with Gasteiger partial charge in [0.1, 0.15) is 0 Å². The van der Waals surface area contributed by atoms with Crippen molar-refractivity contribution in [3.63, 3.8) is 0 Å². The Morgan fingerprint density at radius 3 is 2.65 bits per heavy atom. The highest BCUT2D eigenvalue weighted by Gasteiger charge is 1.98. The normalized spacial score (nSPS) is 12.2. The molecule has 2 aromatic carbocycles. The van der Waals surface area contributed by atoms with Gasteiger partial charge in [-0.1, -0.05) is 48.6 Å². The van der Waals surface area contributed by atoms with Crippen molar-refractivity contribution in [1.82, 2.24) is 0 Å². The summed E-state index contributed by atoms with van der Waals surface area (Å²) in [6.07, 6.45) is 6.13. The summed E-state index contributed by atoms with van der Waals surface area (Å²) >= 11 is 0. The lowest BCUT2D eigenvalue weighted by molar-refractivity contribution is 1.38. The molecule has 0 heterocycles. The molecule has 0 aliphatic heterocycles. The van der Waals surface area contributed by atoms with Gasteiger partial charge in [-0.05, 0) is 31.4 Å². The van der Waals surface area contributed by atoms with Crippen LogP contribution in [0.3, 0.4) is 0 Å². The molecule has 0 fully saturated rings. The number of hydrogen-bond acceptors (Lipinski definition) is 1. The molecule has 2 rings (SSSR count). The van der Waals surface area contributed by atoms with Crippen molar-refractivity contribution in [2.75, 3.05) is 5.32 Å². The highest BCUT2D eigenvalue weighted by molar-refractivity contribution is 5.94. The molecule has 0 radical (unpaired) electrons. The van der Waals surface area contributed by atoms with Crippen molar-refractivity contribution in [3.05, 3.63) is 66.4 Å². The van der Waals surface area contributed by atoms with Crippen LogP contribution in [0.4, 0.5) is 5.69 Å². The van der Waals surface area contributed by atoms with Gasteiger partial charge in [-0.2, -0.15) is 0 Å². The third-order valence-electron chi connectivity index (χ3n) is 2.66. The van der Waals surface area contributed by atoms with E-state index in [0.29, 0.717) is 0 Å². The number of allylic oxidation sites excluding steroid dienone is 4. The first kappa shape index (κ1) is 11.5. The van der Waals surface area contributed by atoms with Crippen LogP contribution in [0.25, 0.3) is 10.8 Å². The number of rotatable bonds is 3. The molecular weight excluding hydrogens is 206 g/mol. The zero-order valence-corrected chi connectivity index (χ0v) is 10.3. The summed E-state index contributed by atoms with van der Waals surface area (Å²) in [4.78, 5) is 0. The standard InChI is InChI=1S/C16H17N/c1-3-4-8-13(2)17-16-12-7-10-14-9-5-6-11-15(14)16/h3-12,17H,1-2H3/b4-3-,13-8+. The Kier molecular flexibility index (Phi) is 3.61. The van der Waals surface area contributed by atoms with Gasteiger partial charge in [0, 0.05) is 16.8 Å². The van der Waals surface area contributed by atoms with E-state index in [2.05, 4.69) is 60.8 Å². The van der Waals surface area contributed by atoms with Crippen molar-refractivity contribution in [2.24, 2.45) is 0 Å². The van der Waals surface area contributed by atoms with Crippen LogP contribution in [0.2, 0.25) is 0 Å². The van der Waals surface area contributed by atoms with E-state index >= 15 is 0 Å². The molecular formula is C16H17N. The lowest BCUT2D eigenvalue weighted by Gasteiger charge is -2.09. The SMILES string of the molecule is C/C=C\C=C(/C)Nc1cccc2ccccc12. The molecule has 0 atom stereocenters. The van der Waals surface area contributed by atoms with E-state index in [4.69, 9.17) is 0 Å². The Morgan fingerprint density at radius 2 is 1.82 bits per heavy atom. The molecule has 0 aliphatic carbocycles. The maximum atomic E-state index is 3.43. The molecule has 0 saturated carbocycles. The van der Waals surface area contributed by atoms with Crippen molar-refractivity contribution in [2.45, 2.75) is 13.8 Å². The molecule has 0 amide bonds. The van der Waals surface area contributed by atoms with Crippen LogP contribution in [0.5, 0.6) is 0 Å². The minimum absolute atomic E-state index is 1.14. The molecule has 1 N–H and O–H groups in total. The first-order valence-electron chi connectivity index (χ1n) is 5.85. The van der Waals surface area contributed by atoms with Gasteiger partial charge in [-0.25, -0.2) is 0 Å². The van der Waals surface area contributed by atoms with E-state index in [-0.39, 0.29) is 0 Å². The van der Waals surface area contributed by atoms with E-state index < -0.39 is 0 Å². The Balaban J connectivity index is 2.36. The van der Waals surface area contributed by atoms with Gasteiger partial charge in [0.2, 0.25) is 0 Å². The molecule has 0 spiro atoms. The van der Waals surface area contributed by atoms with E-state index in [1.165, 1.54) is 10.8 Å². The van der Waals surface area contributed by atoms with Crippen LogP contribution in [0.15, 0.2) is 66.4 Å². The van der Waals surface area contributed by atoms with Gasteiger partial charge in [0.15, 0.2) is 0 Å². The number of anilines is 1. The number of hydrogen-bond donors (Lipinski definition) is 1. The van der Waals surface area contributed by atoms with Crippen molar-refractivity contribution in [1.29, 1.82) is 0 Å². The molecule has 86 valence electrons. The topological polar surface area (TPSA) is 12.0 Å². The monoisotopic (exact) mass is 223 g/mol. The fourth-order valence-corrected chi connectivity index (χ4v) is 1.83. The minimum Gasteiger partial charge on any atom is -0.359 e. The summed E-state index contributed by atoms with van der Waals surface area (Å²) in [5.41, 5.74) is 2.29. The zero-order chi connectivity index (χ0) is 12.1. The van der Waals surface area contributed by atoms with Crippen molar-refractivity contribution in [3.8, 4) is 0 Å². The second-order valence-electron chi connectivity index (χ2n) is 4.03. The average Bonchev–Trinajstić information content (AvgIpc) is 2.37. The number of nitrogens with one attached hydrogen (secondary N) is 1. The van der Waals surface area contributed by atoms with E-state index in [1.54, 1.807) is 0 Å². The first-order valence-corrected chi connectivity index (χ1v) is 5.85. The first-order chi connectivity index (χ1) is 8.31. The van der Waals surface area contributed by atoms with Gasteiger partial charge in [0.25, 0.3) is 0 Å². The summed E-state index contributed by atoms with van der Waals surface area (Å²) in [6, 6.07) is 14.7. The highest BCUT2D eigenvalue weighted by Crippen LogP contribution is 2.23. The van der Waals surface area contributed by atoms with Gasteiger partial charge < -0.3 is 5.32 Å². The van der Waals surface area contributed by atoms with Crippen molar-refractivity contribution >= 4 is 16.5 Å². The van der Waals surface area contributed by atoms with Gasteiger partial charge in [-0.15, -0.1) is 0 Å². The van der Waals surface area contributed by atoms with E-state index in [0.717, 1.165) is 11.4 Å². The molecule has 17 heavy (non-hydrogen) atoms. The molecule has 0 bridgehead atoms. The Hall–Kier alpha value is -2.02. The Labute approximate surface area is 102 Å². The summed E-state index contributed by atoms with van der Waals surface area (Å²) in [5, 5.41) is 5.94. The molecule has 0 aliphatic rings. The largest absolute Gasteiger partial charge is 0.359 e. The third kappa shape index (κ3) is 2.76. The number of fused-ring (bicyclic) bond motifs is 1. The molecule has 0 saturated heterocycles. The fourth-order valence-electron chi connectivity index (χ4n) is 1.83. The molecule has 2 aromatic rings. The van der Waals surface area contributed by atoms with Crippen molar-refractivity contribution < 1.29 is 0 Å².